The number of halogens is 2. The number of carbonyl (C=O) groups excluding carboxylic acids is 1. The molecule has 7 nitrogen and oxygen atoms in total. The average molecular weight is 391 g/mol. The van der Waals surface area contributed by atoms with E-state index in [9.17, 15) is 18.4 Å². The van der Waals surface area contributed by atoms with Gasteiger partial charge in [0.15, 0.2) is 5.69 Å². The topological polar surface area (TPSA) is 75.3 Å². The number of fused-ring (bicyclic) bond motifs is 1. The second kappa shape index (κ2) is 7.79. The third kappa shape index (κ3) is 3.60. The van der Waals surface area contributed by atoms with Gasteiger partial charge in [-0.25, -0.2) is 14.6 Å². The van der Waals surface area contributed by atoms with Gasteiger partial charge in [-0.05, 0) is 39.0 Å². The summed E-state index contributed by atoms with van der Waals surface area (Å²) < 4.78 is 37.3. The zero-order valence-corrected chi connectivity index (χ0v) is 15.6. The Morgan fingerprint density at radius 3 is 2.61 bits per heavy atom. The Morgan fingerprint density at radius 1 is 1.21 bits per heavy atom. The van der Waals surface area contributed by atoms with Crippen molar-refractivity contribution in [3.63, 3.8) is 0 Å². The molecule has 148 valence electrons. The van der Waals surface area contributed by atoms with Crippen LogP contribution in [-0.4, -0.2) is 33.3 Å². The van der Waals surface area contributed by atoms with Crippen LogP contribution in [0.15, 0.2) is 41.3 Å². The molecular weight excluding hydrogens is 372 g/mol. The molecule has 0 aliphatic rings. The highest BCUT2D eigenvalue weighted by atomic mass is 19.3. The third-order valence-corrected chi connectivity index (χ3v) is 4.06. The highest BCUT2D eigenvalue weighted by molar-refractivity contribution is 5.91. The van der Waals surface area contributed by atoms with Crippen molar-refractivity contribution in [3.8, 4) is 11.4 Å². The number of rotatable bonds is 6. The first-order chi connectivity index (χ1) is 13.3. The first-order valence-corrected chi connectivity index (χ1v) is 8.68. The summed E-state index contributed by atoms with van der Waals surface area (Å²) in [6.07, 6.45) is 1.39. The van der Waals surface area contributed by atoms with E-state index in [-0.39, 0.29) is 29.8 Å². The fraction of sp³-hybridized carbons (Fsp3) is 0.316. The van der Waals surface area contributed by atoms with Crippen molar-refractivity contribution in [2.45, 2.75) is 33.4 Å². The largest absolute Gasteiger partial charge is 0.461 e. The van der Waals surface area contributed by atoms with Gasteiger partial charge < -0.3 is 9.47 Å². The first-order valence-electron chi connectivity index (χ1n) is 8.68. The van der Waals surface area contributed by atoms with E-state index in [4.69, 9.17) is 4.74 Å². The van der Waals surface area contributed by atoms with Crippen LogP contribution in [0.5, 0.6) is 5.75 Å². The summed E-state index contributed by atoms with van der Waals surface area (Å²) in [4.78, 5) is 29.2. The van der Waals surface area contributed by atoms with Gasteiger partial charge in [0, 0.05) is 12.1 Å². The molecule has 2 aromatic heterocycles. The summed E-state index contributed by atoms with van der Waals surface area (Å²) in [5.41, 5.74) is 0.954. The fourth-order valence-electron chi connectivity index (χ4n) is 2.98. The van der Waals surface area contributed by atoms with Crippen LogP contribution in [-0.2, 0) is 4.74 Å². The van der Waals surface area contributed by atoms with Gasteiger partial charge in [0.05, 0.1) is 29.5 Å². The molecule has 9 heteroatoms. The zero-order valence-electron chi connectivity index (χ0n) is 15.6. The van der Waals surface area contributed by atoms with Crippen molar-refractivity contribution in [2.24, 2.45) is 0 Å². The number of esters is 1. The summed E-state index contributed by atoms with van der Waals surface area (Å²) in [5.74, 6) is -0.659. The molecule has 0 saturated heterocycles. The Hall–Kier alpha value is -3.23. The first kappa shape index (κ1) is 19.5. The zero-order chi connectivity index (χ0) is 20.4. The SMILES string of the molecule is CCOC(=O)c1cc2c(cn1)n(-c1cccc(OC(F)F)c1)c(=O)n2C(C)C. The monoisotopic (exact) mass is 391 g/mol. The maximum atomic E-state index is 13.1. The lowest BCUT2D eigenvalue weighted by atomic mass is 10.2. The van der Waals surface area contributed by atoms with Gasteiger partial charge in [-0.15, -0.1) is 0 Å². The van der Waals surface area contributed by atoms with E-state index >= 15 is 0 Å². The second-order valence-electron chi connectivity index (χ2n) is 6.24. The number of alkyl halides is 2. The highest BCUT2D eigenvalue weighted by Crippen LogP contribution is 2.24. The fourth-order valence-corrected chi connectivity index (χ4v) is 2.98. The maximum absolute atomic E-state index is 13.1. The minimum Gasteiger partial charge on any atom is -0.461 e. The third-order valence-electron chi connectivity index (χ3n) is 4.06. The van der Waals surface area contributed by atoms with Gasteiger partial charge in [-0.2, -0.15) is 8.78 Å². The molecule has 0 atom stereocenters. The van der Waals surface area contributed by atoms with E-state index in [2.05, 4.69) is 9.72 Å². The average Bonchev–Trinajstić information content (AvgIpc) is 2.92. The van der Waals surface area contributed by atoms with E-state index in [1.165, 1.54) is 39.6 Å². The van der Waals surface area contributed by atoms with E-state index in [1.807, 2.05) is 13.8 Å². The second-order valence-corrected chi connectivity index (χ2v) is 6.24. The van der Waals surface area contributed by atoms with Crippen molar-refractivity contribution >= 4 is 17.0 Å². The molecule has 2 heterocycles. The highest BCUT2D eigenvalue weighted by Gasteiger charge is 2.20. The maximum Gasteiger partial charge on any atom is 0.387 e. The van der Waals surface area contributed by atoms with E-state index in [1.54, 1.807) is 13.0 Å². The Morgan fingerprint density at radius 2 is 1.96 bits per heavy atom. The molecule has 3 aromatic rings. The van der Waals surface area contributed by atoms with Crippen LogP contribution < -0.4 is 10.4 Å². The molecule has 0 saturated carbocycles. The van der Waals surface area contributed by atoms with Crippen LogP contribution in [0.25, 0.3) is 16.7 Å². The summed E-state index contributed by atoms with van der Waals surface area (Å²) in [6.45, 7) is 2.56. The minimum atomic E-state index is -2.97. The van der Waals surface area contributed by atoms with Gasteiger partial charge in [0.1, 0.15) is 5.75 Å². The number of hydrogen-bond acceptors (Lipinski definition) is 5. The van der Waals surface area contributed by atoms with Gasteiger partial charge in [0.2, 0.25) is 0 Å². The summed E-state index contributed by atoms with van der Waals surface area (Å²) in [7, 11) is 0. The number of ether oxygens (including phenoxy) is 2. The number of aromatic nitrogens is 3. The van der Waals surface area contributed by atoms with E-state index < -0.39 is 12.6 Å². The molecule has 28 heavy (non-hydrogen) atoms. The number of nitrogens with zero attached hydrogens (tertiary/aromatic N) is 3. The van der Waals surface area contributed by atoms with E-state index in [0.29, 0.717) is 16.7 Å². The molecule has 3 rings (SSSR count). The van der Waals surface area contributed by atoms with Crippen LogP contribution in [0.2, 0.25) is 0 Å². The quantitative estimate of drug-likeness (QED) is 0.601. The Balaban J connectivity index is 2.22. The minimum absolute atomic E-state index is 0.0686. The van der Waals surface area contributed by atoms with Crippen molar-refractivity contribution in [3.05, 3.63) is 52.7 Å². The summed E-state index contributed by atoms with van der Waals surface area (Å²) in [5, 5.41) is 0. The standard InChI is InChI=1S/C19H19F2N3O4/c1-4-27-17(25)14-9-15-16(10-22-14)24(19(26)23(15)11(2)3)12-6-5-7-13(8-12)28-18(20)21/h5-11,18H,4H2,1-3H3. The number of hydrogen-bond donors (Lipinski definition) is 0. The number of imidazole rings is 1. The summed E-state index contributed by atoms with van der Waals surface area (Å²) >= 11 is 0. The van der Waals surface area contributed by atoms with Crippen LogP contribution in [0.4, 0.5) is 8.78 Å². The molecule has 0 fully saturated rings. The van der Waals surface area contributed by atoms with Crippen LogP contribution in [0, 0.1) is 0 Å². The van der Waals surface area contributed by atoms with Crippen LogP contribution in [0.3, 0.4) is 0 Å². The Bertz CT molecular complexity index is 1070. The van der Waals surface area contributed by atoms with Gasteiger partial charge in [0.25, 0.3) is 0 Å². The Kier molecular flexibility index (Phi) is 5.43. The van der Waals surface area contributed by atoms with Gasteiger partial charge in [-0.1, -0.05) is 6.07 Å². The van der Waals surface area contributed by atoms with Crippen molar-refractivity contribution < 1.29 is 23.0 Å². The molecule has 0 N–H and O–H groups in total. The lowest BCUT2D eigenvalue weighted by Crippen LogP contribution is -2.24. The van der Waals surface area contributed by atoms with E-state index in [0.717, 1.165) is 0 Å². The number of benzene rings is 1. The van der Waals surface area contributed by atoms with Crippen LogP contribution >= 0.6 is 0 Å². The number of carbonyl (C=O) groups is 1. The van der Waals surface area contributed by atoms with Crippen LogP contribution in [0.1, 0.15) is 37.3 Å². The van der Waals surface area contributed by atoms with Gasteiger partial charge in [-0.3, -0.25) is 9.13 Å². The molecule has 0 aliphatic carbocycles. The predicted molar refractivity (Wildman–Crippen MR) is 98.3 cm³/mol. The van der Waals surface area contributed by atoms with Crippen molar-refractivity contribution in [1.29, 1.82) is 0 Å². The van der Waals surface area contributed by atoms with Crippen molar-refractivity contribution in [2.75, 3.05) is 6.61 Å². The van der Waals surface area contributed by atoms with Gasteiger partial charge >= 0.3 is 18.3 Å². The molecule has 0 radical (unpaired) electrons. The normalized spacial score (nSPS) is 11.4. The smallest absolute Gasteiger partial charge is 0.387 e. The summed E-state index contributed by atoms with van der Waals surface area (Å²) in [6, 6.07) is 7.11. The number of pyridine rings is 1. The molecule has 0 unspecified atom stereocenters. The van der Waals surface area contributed by atoms with Crippen molar-refractivity contribution in [1.82, 2.24) is 14.1 Å². The Labute approximate surface area is 159 Å². The lowest BCUT2D eigenvalue weighted by molar-refractivity contribution is -0.0498. The lowest BCUT2D eigenvalue weighted by Gasteiger charge is -2.08. The molecule has 0 amide bonds. The predicted octanol–water partition coefficient (Wildman–Crippen LogP) is 3.55. The molecule has 0 aliphatic heterocycles. The molecule has 0 bridgehead atoms. The molecule has 1 aromatic carbocycles. The molecular formula is C19H19F2N3O4. The molecule has 0 spiro atoms.